The molecule has 19 heavy (non-hydrogen) atoms. The zero-order valence-electron chi connectivity index (χ0n) is 10.4. The molecule has 1 aromatic carbocycles. The van der Waals surface area contributed by atoms with Crippen molar-refractivity contribution >= 4 is 6.29 Å². The van der Waals surface area contributed by atoms with Crippen molar-refractivity contribution in [1.29, 1.82) is 0 Å². The quantitative estimate of drug-likeness (QED) is 0.786. The summed E-state index contributed by atoms with van der Waals surface area (Å²) in [5, 5.41) is 12.4. The van der Waals surface area contributed by atoms with Crippen LogP contribution in [0, 0.1) is 0 Å². The topological polar surface area (TPSA) is 69.9 Å². The van der Waals surface area contributed by atoms with Crippen molar-refractivity contribution in [2.24, 2.45) is 0 Å². The molecule has 1 unspecified atom stereocenters. The van der Waals surface area contributed by atoms with E-state index < -0.39 is 0 Å². The van der Waals surface area contributed by atoms with Crippen molar-refractivity contribution in [3.8, 4) is 11.4 Å². The smallest absolute Gasteiger partial charge is 0.205 e. The first-order valence-corrected chi connectivity index (χ1v) is 6.33. The van der Waals surface area contributed by atoms with Crippen molar-refractivity contribution in [2.75, 3.05) is 6.61 Å². The van der Waals surface area contributed by atoms with Crippen molar-refractivity contribution < 1.29 is 9.53 Å². The summed E-state index contributed by atoms with van der Waals surface area (Å²) in [7, 11) is 0. The summed E-state index contributed by atoms with van der Waals surface area (Å²) in [5.74, 6) is 0.512. The maximum Gasteiger partial charge on any atom is 0.205 e. The SMILES string of the molecule is O=Cc1cccc(-c2nnn(C3CCCCO3)n2)c1. The molecule has 1 atom stereocenters. The van der Waals surface area contributed by atoms with Crippen LogP contribution < -0.4 is 0 Å². The number of tetrazole rings is 1. The number of nitrogens with zero attached hydrogens (tertiary/aromatic N) is 4. The van der Waals surface area contributed by atoms with Gasteiger partial charge in [-0.3, -0.25) is 4.79 Å². The average Bonchev–Trinajstić information content (AvgIpc) is 2.98. The van der Waals surface area contributed by atoms with Crippen LogP contribution >= 0.6 is 0 Å². The number of benzene rings is 1. The molecule has 0 amide bonds. The molecule has 6 heteroatoms. The number of hydrogen-bond donors (Lipinski definition) is 0. The lowest BCUT2D eigenvalue weighted by molar-refractivity contribution is -0.0488. The van der Waals surface area contributed by atoms with E-state index in [-0.39, 0.29) is 6.23 Å². The number of ether oxygens (including phenoxy) is 1. The summed E-state index contributed by atoms with van der Waals surface area (Å²) in [6.07, 6.45) is 3.79. The fourth-order valence-electron chi connectivity index (χ4n) is 2.12. The lowest BCUT2D eigenvalue weighted by Gasteiger charge is -2.20. The third-order valence-electron chi connectivity index (χ3n) is 3.12. The molecule has 0 saturated carbocycles. The van der Waals surface area contributed by atoms with Crippen molar-refractivity contribution in [1.82, 2.24) is 20.2 Å². The van der Waals surface area contributed by atoms with Gasteiger partial charge in [-0.2, -0.15) is 0 Å². The summed E-state index contributed by atoms with van der Waals surface area (Å²) < 4.78 is 5.60. The molecule has 0 spiro atoms. The number of carbonyl (C=O) groups is 1. The van der Waals surface area contributed by atoms with Gasteiger partial charge in [0.05, 0.1) is 0 Å². The van der Waals surface area contributed by atoms with E-state index in [1.54, 1.807) is 18.2 Å². The fourth-order valence-corrected chi connectivity index (χ4v) is 2.12. The van der Waals surface area contributed by atoms with Gasteiger partial charge in [0, 0.05) is 17.7 Å². The van der Waals surface area contributed by atoms with Crippen LogP contribution in [0.15, 0.2) is 24.3 Å². The highest BCUT2D eigenvalue weighted by Crippen LogP contribution is 2.22. The molecule has 1 aliphatic heterocycles. The van der Waals surface area contributed by atoms with E-state index >= 15 is 0 Å². The highest BCUT2D eigenvalue weighted by atomic mass is 16.5. The zero-order valence-corrected chi connectivity index (χ0v) is 10.4. The normalized spacial score (nSPS) is 19.3. The van der Waals surface area contributed by atoms with Crippen LogP contribution in [0.1, 0.15) is 35.8 Å². The molecule has 6 nitrogen and oxygen atoms in total. The minimum atomic E-state index is -0.121. The molecule has 1 aliphatic rings. The molecule has 0 N–H and O–H groups in total. The number of rotatable bonds is 3. The van der Waals surface area contributed by atoms with Crippen LogP contribution in [0.5, 0.6) is 0 Å². The summed E-state index contributed by atoms with van der Waals surface area (Å²) in [5.41, 5.74) is 1.38. The molecule has 0 radical (unpaired) electrons. The van der Waals surface area contributed by atoms with Gasteiger partial charge in [-0.25, -0.2) is 0 Å². The fraction of sp³-hybridized carbons (Fsp3) is 0.385. The van der Waals surface area contributed by atoms with E-state index in [1.807, 2.05) is 6.07 Å². The minimum Gasteiger partial charge on any atom is -0.355 e. The lowest BCUT2D eigenvalue weighted by atomic mass is 10.1. The first-order valence-electron chi connectivity index (χ1n) is 6.33. The Kier molecular flexibility index (Phi) is 3.33. The van der Waals surface area contributed by atoms with Gasteiger partial charge in [0.1, 0.15) is 6.29 Å². The lowest BCUT2D eigenvalue weighted by Crippen LogP contribution is -2.20. The van der Waals surface area contributed by atoms with Crippen LogP contribution in [0.3, 0.4) is 0 Å². The Morgan fingerprint density at radius 2 is 2.32 bits per heavy atom. The third-order valence-corrected chi connectivity index (χ3v) is 3.12. The summed E-state index contributed by atoms with van der Waals surface area (Å²) in [6.45, 7) is 0.738. The van der Waals surface area contributed by atoms with Gasteiger partial charge in [-0.1, -0.05) is 18.2 Å². The van der Waals surface area contributed by atoms with Crippen LogP contribution in [0.4, 0.5) is 0 Å². The van der Waals surface area contributed by atoms with Crippen molar-refractivity contribution in [3.05, 3.63) is 29.8 Å². The summed E-state index contributed by atoms with van der Waals surface area (Å²) in [6, 6.07) is 7.15. The number of carbonyl (C=O) groups excluding carboxylic acids is 1. The number of aldehydes is 1. The molecule has 98 valence electrons. The van der Waals surface area contributed by atoms with E-state index in [0.29, 0.717) is 11.4 Å². The largest absolute Gasteiger partial charge is 0.355 e. The molecule has 0 aliphatic carbocycles. The van der Waals surface area contributed by atoms with E-state index in [0.717, 1.165) is 37.7 Å². The predicted octanol–water partition coefficient (Wildman–Crippen LogP) is 1.85. The van der Waals surface area contributed by atoms with E-state index in [2.05, 4.69) is 15.4 Å². The molecule has 3 rings (SSSR count). The van der Waals surface area contributed by atoms with Gasteiger partial charge in [0.2, 0.25) is 5.82 Å². The highest BCUT2D eigenvalue weighted by molar-refractivity contribution is 5.77. The van der Waals surface area contributed by atoms with Crippen LogP contribution in [-0.4, -0.2) is 33.1 Å². The first-order chi connectivity index (χ1) is 9.36. The summed E-state index contributed by atoms with van der Waals surface area (Å²) >= 11 is 0. The Balaban J connectivity index is 1.85. The summed E-state index contributed by atoms with van der Waals surface area (Å²) in [4.78, 5) is 12.3. The minimum absolute atomic E-state index is 0.121. The average molecular weight is 258 g/mol. The van der Waals surface area contributed by atoms with E-state index in [1.165, 1.54) is 4.80 Å². The second kappa shape index (κ2) is 5.27. The second-order valence-electron chi connectivity index (χ2n) is 4.50. The van der Waals surface area contributed by atoms with E-state index in [9.17, 15) is 4.79 Å². The molecule has 2 heterocycles. The number of aromatic nitrogens is 4. The van der Waals surface area contributed by atoms with Crippen LogP contribution in [-0.2, 0) is 4.74 Å². The Hall–Kier alpha value is -2.08. The van der Waals surface area contributed by atoms with Crippen LogP contribution in [0.2, 0.25) is 0 Å². The second-order valence-corrected chi connectivity index (χ2v) is 4.50. The van der Waals surface area contributed by atoms with E-state index in [4.69, 9.17) is 4.74 Å². The number of hydrogen-bond acceptors (Lipinski definition) is 5. The maximum atomic E-state index is 10.8. The standard InChI is InChI=1S/C13H14N4O2/c18-9-10-4-3-5-11(8-10)13-14-16-17(15-13)12-6-1-2-7-19-12/h3-5,8-9,12H,1-2,6-7H2. The Labute approximate surface area is 110 Å². The highest BCUT2D eigenvalue weighted by Gasteiger charge is 2.19. The molecule has 1 saturated heterocycles. The predicted molar refractivity (Wildman–Crippen MR) is 67.5 cm³/mol. The van der Waals surface area contributed by atoms with Crippen molar-refractivity contribution in [2.45, 2.75) is 25.5 Å². The maximum absolute atomic E-state index is 10.8. The molecule has 1 fully saturated rings. The Morgan fingerprint density at radius 3 is 3.11 bits per heavy atom. The molecular formula is C13H14N4O2. The van der Waals surface area contributed by atoms with Gasteiger partial charge >= 0.3 is 0 Å². The first kappa shape index (κ1) is 12.0. The van der Waals surface area contributed by atoms with Gasteiger partial charge in [-0.15, -0.1) is 15.0 Å². The van der Waals surface area contributed by atoms with Gasteiger partial charge in [-0.05, 0) is 30.5 Å². The van der Waals surface area contributed by atoms with Gasteiger partial charge in [0.15, 0.2) is 6.23 Å². The molecule has 1 aromatic heterocycles. The Morgan fingerprint density at radius 1 is 1.37 bits per heavy atom. The van der Waals surface area contributed by atoms with Crippen molar-refractivity contribution in [3.63, 3.8) is 0 Å². The van der Waals surface area contributed by atoms with Gasteiger partial charge < -0.3 is 4.74 Å². The molecule has 0 bridgehead atoms. The molecule has 2 aromatic rings. The zero-order chi connectivity index (χ0) is 13.1. The van der Waals surface area contributed by atoms with Crippen LogP contribution in [0.25, 0.3) is 11.4 Å². The third kappa shape index (κ3) is 2.53. The van der Waals surface area contributed by atoms with Gasteiger partial charge in [0.25, 0.3) is 0 Å². The Bertz CT molecular complexity index is 576. The molecular weight excluding hydrogens is 244 g/mol. The monoisotopic (exact) mass is 258 g/mol.